The van der Waals surface area contributed by atoms with E-state index in [1.54, 1.807) is 6.07 Å². The van der Waals surface area contributed by atoms with E-state index < -0.39 is 0 Å². The van der Waals surface area contributed by atoms with Crippen molar-refractivity contribution in [2.24, 2.45) is 0 Å². The van der Waals surface area contributed by atoms with Gasteiger partial charge >= 0.3 is 5.97 Å². The number of carbonyl (C=O) groups excluding carboxylic acids is 1. The Morgan fingerprint density at radius 2 is 1.90 bits per heavy atom. The summed E-state index contributed by atoms with van der Waals surface area (Å²) in [6.07, 6.45) is 5.61. The van der Waals surface area contributed by atoms with Crippen LogP contribution in [-0.4, -0.2) is 23.8 Å². The molecule has 110 valence electrons. The van der Waals surface area contributed by atoms with Crippen molar-refractivity contribution in [3.63, 3.8) is 0 Å². The summed E-state index contributed by atoms with van der Waals surface area (Å²) in [5.41, 5.74) is 3.33. The molecule has 0 radical (unpaired) electrons. The molecule has 1 aliphatic carbocycles. The lowest BCUT2D eigenvalue weighted by Gasteiger charge is -2.38. The molecule has 0 atom stereocenters. The van der Waals surface area contributed by atoms with Crippen molar-refractivity contribution in [3.8, 4) is 0 Å². The van der Waals surface area contributed by atoms with E-state index in [-0.39, 0.29) is 11.5 Å². The maximum absolute atomic E-state index is 11.7. The van der Waals surface area contributed by atoms with E-state index in [4.69, 9.17) is 4.74 Å². The lowest BCUT2D eigenvalue weighted by atomic mass is 9.79. The van der Waals surface area contributed by atoms with E-state index in [1.165, 1.54) is 13.5 Å². The van der Waals surface area contributed by atoms with E-state index in [9.17, 15) is 10.0 Å². The van der Waals surface area contributed by atoms with Crippen molar-refractivity contribution in [2.75, 3.05) is 17.9 Å². The number of anilines is 2. The van der Waals surface area contributed by atoms with Gasteiger partial charge in [0.25, 0.3) is 0 Å². The summed E-state index contributed by atoms with van der Waals surface area (Å²) in [6.45, 7) is 0. The zero-order chi connectivity index (χ0) is 14.4. The standard InChI is InChI=1S/C15H22N2O3/c1-20-14(18)11-15(9-5-2-6-10-15)16-12-7-3-4-8-13(12)17-19/h3-4,7-8,16-17,19H,2,5-6,9-11H2,1H3. The van der Waals surface area contributed by atoms with Gasteiger partial charge in [-0.1, -0.05) is 31.4 Å². The van der Waals surface area contributed by atoms with Gasteiger partial charge in [-0.2, -0.15) is 0 Å². The van der Waals surface area contributed by atoms with Crippen molar-refractivity contribution >= 4 is 17.3 Å². The van der Waals surface area contributed by atoms with Gasteiger partial charge in [-0.05, 0) is 25.0 Å². The van der Waals surface area contributed by atoms with Crippen LogP contribution >= 0.6 is 0 Å². The van der Waals surface area contributed by atoms with Crippen LogP contribution < -0.4 is 10.8 Å². The summed E-state index contributed by atoms with van der Waals surface area (Å²) >= 11 is 0. The molecule has 0 aliphatic heterocycles. The zero-order valence-corrected chi connectivity index (χ0v) is 11.8. The third-order valence-corrected chi connectivity index (χ3v) is 3.97. The van der Waals surface area contributed by atoms with Crippen LogP contribution in [0.5, 0.6) is 0 Å². The van der Waals surface area contributed by atoms with Gasteiger partial charge in [-0.25, -0.2) is 0 Å². The Labute approximate surface area is 119 Å². The topological polar surface area (TPSA) is 70.6 Å². The number of benzene rings is 1. The van der Waals surface area contributed by atoms with Crippen LogP contribution in [0, 0.1) is 0 Å². The van der Waals surface area contributed by atoms with Crippen LogP contribution in [0.25, 0.3) is 0 Å². The molecule has 2 rings (SSSR count). The van der Waals surface area contributed by atoms with Crippen LogP contribution in [-0.2, 0) is 9.53 Å². The Balaban J connectivity index is 2.20. The molecule has 0 amide bonds. The van der Waals surface area contributed by atoms with Crippen molar-refractivity contribution in [2.45, 2.75) is 44.1 Å². The predicted octanol–water partition coefficient (Wildman–Crippen LogP) is 3.17. The molecule has 0 unspecified atom stereocenters. The summed E-state index contributed by atoms with van der Waals surface area (Å²) in [4.78, 5) is 11.7. The molecular weight excluding hydrogens is 256 g/mol. The van der Waals surface area contributed by atoms with Crippen LogP contribution in [0.4, 0.5) is 11.4 Å². The number of rotatable bonds is 5. The Morgan fingerprint density at radius 3 is 2.50 bits per heavy atom. The van der Waals surface area contributed by atoms with Crippen LogP contribution in [0.15, 0.2) is 24.3 Å². The van der Waals surface area contributed by atoms with Crippen LogP contribution in [0.1, 0.15) is 38.5 Å². The summed E-state index contributed by atoms with van der Waals surface area (Å²) in [5, 5.41) is 12.6. The normalized spacial score (nSPS) is 17.3. The Kier molecular flexibility index (Phi) is 4.84. The fourth-order valence-electron chi connectivity index (χ4n) is 2.90. The molecule has 3 N–H and O–H groups in total. The third kappa shape index (κ3) is 3.42. The molecule has 0 saturated heterocycles. The van der Waals surface area contributed by atoms with E-state index in [0.29, 0.717) is 12.1 Å². The van der Waals surface area contributed by atoms with Gasteiger partial charge < -0.3 is 10.1 Å². The first-order chi connectivity index (χ1) is 9.69. The maximum Gasteiger partial charge on any atom is 0.307 e. The second kappa shape index (κ2) is 6.61. The van der Waals surface area contributed by atoms with Crippen molar-refractivity contribution in [1.82, 2.24) is 0 Å². The number of esters is 1. The molecule has 0 heterocycles. The lowest BCUT2D eigenvalue weighted by molar-refractivity contribution is -0.142. The molecule has 1 fully saturated rings. The van der Waals surface area contributed by atoms with Crippen molar-refractivity contribution in [3.05, 3.63) is 24.3 Å². The minimum absolute atomic E-state index is 0.200. The minimum atomic E-state index is -0.279. The van der Waals surface area contributed by atoms with Gasteiger partial charge in [0, 0.05) is 5.54 Å². The summed E-state index contributed by atoms with van der Waals surface area (Å²) < 4.78 is 4.83. The molecule has 1 aromatic rings. The third-order valence-electron chi connectivity index (χ3n) is 3.97. The first kappa shape index (κ1) is 14.7. The number of hydrogen-bond acceptors (Lipinski definition) is 5. The van der Waals surface area contributed by atoms with E-state index in [2.05, 4.69) is 10.8 Å². The fourth-order valence-corrected chi connectivity index (χ4v) is 2.90. The number of methoxy groups -OCH3 is 1. The maximum atomic E-state index is 11.7. The number of nitrogens with one attached hydrogen (secondary N) is 2. The van der Waals surface area contributed by atoms with Gasteiger partial charge in [0.2, 0.25) is 0 Å². The summed E-state index contributed by atoms with van der Waals surface area (Å²) in [5.74, 6) is -0.200. The lowest BCUT2D eigenvalue weighted by Crippen LogP contribution is -2.42. The molecule has 0 bridgehead atoms. The number of carbonyl (C=O) groups is 1. The van der Waals surface area contributed by atoms with Crippen molar-refractivity contribution < 1.29 is 14.7 Å². The second-order valence-electron chi connectivity index (χ2n) is 5.38. The van der Waals surface area contributed by atoms with Gasteiger partial charge in [-0.15, -0.1) is 0 Å². The first-order valence-electron chi connectivity index (χ1n) is 7.03. The monoisotopic (exact) mass is 278 g/mol. The molecular formula is C15H22N2O3. The zero-order valence-electron chi connectivity index (χ0n) is 11.8. The largest absolute Gasteiger partial charge is 0.469 e. The molecule has 0 spiro atoms. The van der Waals surface area contributed by atoms with Gasteiger partial charge in [0.15, 0.2) is 0 Å². The van der Waals surface area contributed by atoms with Crippen LogP contribution in [0.2, 0.25) is 0 Å². The minimum Gasteiger partial charge on any atom is -0.469 e. The van der Waals surface area contributed by atoms with Gasteiger partial charge in [0.05, 0.1) is 24.9 Å². The Hall–Kier alpha value is -1.75. The molecule has 5 heteroatoms. The number of para-hydroxylation sites is 2. The summed E-state index contributed by atoms with van der Waals surface area (Å²) in [7, 11) is 1.42. The smallest absolute Gasteiger partial charge is 0.307 e. The SMILES string of the molecule is COC(=O)CC1(Nc2ccccc2NO)CCCCC1. The quantitative estimate of drug-likeness (QED) is 0.570. The first-order valence-corrected chi connectivity index (χ1v) is 7.03. The molecule has 5 nitrogen and oxygen atoms in total. The van der Waals surface area contributed by atoms with E-state index in [1.807, 2.05) is 18.2 Å². The van der Waals surface area contributed by atoms with Crippen molar-refractivity contribution in [1.29, 1.82) is 0 Å². The summed E-state index contributed by atoms with van der Waals surface area (Å²) in [6, 6.07) is 7.43. The van der Waals surface area contributed by atoms with Gasteiger partial charge in [-0.3, -0.25) is 15.5 Å². The second-order valence-corrected chi connectivity index (χ2v) is 5.38. The highest BCUT2D eigenvalue weighted by Crippen LogP contribution is 2.36. The number of ether oxygens (including phenoxy) is 1. The average molecular weight is 278 g/mol. The Bertz CT molecular complexity index is 456. The van der Waals surface area contributed by atoms with E-state index in [0.717, 1.165) is 31.4 Å². The molecule has 20 heavy (non-hydrogen) atoms. The molecule has 1 aliphatic rings. The highest BCUT2D eigenvalue weighted by Gasteiger charge is 2.35. The molecule has 1 aromatic carbocycles. The fraction of sp³-hybridized carbons (Fsp3) is 0.533. The van der Waals surface area contributed by atoms with Gasteiger partial charge in [0.1, 0.15) is 0 Å². The Morgan fingerprint density at radius 1 is 1.25 bits per heavy atom. The predicted molar refractivity (Wildman–Crippen MR) is 77.9 cm³/mol. The molecule has 0 aromatic heterocycles. The molecule has 1 saturated carbocycles. The number of hydrogen-bond donors (Lipinski definition) is 3. The van der Waals surface area contributed by atoms with Crippen LogP contribution in [0.3, 0.4) is 0 Å². The highest BCUT2D eigenvalue weighted by atomic mass is 16.5. The average Bonchev–Trinajstić information content (AvgIpc) is 2.48. The van der Waals surface area contributed by atoms with E-state index >= 15 is 0 Å². The highest BCUT2D eigenvalue weighted by molar-refractivity contribution is 5.74.